The number of hydrogen-bond acceptors (Lipinski definition) is 5. The number of nitrogens with two attached hydrogens (primary N) is 2. The Morgan fingerprint density at radius 2 is 1.80 bits per heavy atom. The van der Waals surface area contributed by atoms with E-state index in [1.165, 1.54) is 12.8 Å². The molecule has 1 saturated heterocycles. The summed E-state index contributed by atoms with van der Waals surface area (Å²) in [4.78, 5) is 11.1. The topological polar surface area (TPSA) is 86.0 Å². The zero-order valence-corrected chi connectivity index (χ0v) is 14.5. The molecule has 3 heterocycles. The molecule has 25 heavy (non-hydrogen) atoms. The van der Waals surface area contributed by atoms with Gasteiger partial charge in [0, 0.05) is 24.0 Å². The number of nitrogens with zero attached hydrogens (tertiary/aromatic N) is 4. The summed E-state index contributed by atoms with van der Waals surface area (Å²) in [6.07, 6.45) is 6.15. The van der Waals surface area contributed by atoms with E-state index in [2.05, 4.69) is 32.7 Å². The fraction of sp³-hybridized carbons (Fsp3) is 0.368. The maximum atomic E-state index is 6.19. The molecule has 3 aromatic rings. The second kappa shape index (κ2) is 6.37. The van der Waals surface area contributed by atoms with Crippen LogP contribution in [0.25, 0.3) is 22.2 Å². The maximum Gasteiger partial charge on any atom is 0.146 e. The third kappa shape index (κ3) is 3.05. The highest BCUT2D eigenvalue weighted by Gasteiger charge is 2.20. The molecule has 1 fully saturated rings. The van der Waals surface area contributed by atoms with Crippen LogP contribution >= 0.6 is 0 Å². The molecule has 2 aromatic heterocycles. The van der Waals surface area contributed by atoms with Crippen molar-refractivity contribution in [2.75, 3.05) is 31.6 Å². The van der Waals surface area contributed by atoms with Gasteiger partial charge >= 0.3 is 0 Å². The Bertz CT molecular complexity index is 875. The first-order valence-electron chi connectivity index (χ1n) is 8.75. The smallest absolute Gasteiger partial charge is 0.146 e. The van der Waals surface area contributed by atoms with Crippen LogP contribution in [0.1, 0.15) is 12.8 Å². The number of aromatic nitrogens is 3. The van der Waals surface area contributed by atoms with Gasteiger partial charge in [-0.3, -0.25) is 0 Å². The van der Waals surface area contributed by atoms with Gasteiger partial charge in [-0.15, -0.1) is 0 Å². The van der Waals surface area contributed by atoms with E-state index in [-0.39, 0.29) is 0 Å². The lowest BCUT2D eigenvalue weighted by Gasteiger charge is -2.29. The molecule has 1 aliphatic rings. The van der Waals surface area contributed by atoms with Gasteiger partial charge in [-0.2, -0.15) is 0 Å². The van der Waals surface area contributed by atoms with Crippen molar-refractivity contribution in [1.82, 2.24) is 19.4 Å². The van der Waals surface area contributed by atoms with E-state index in [1.54, 1.807) is 6.33 Å². The first kappa shape index (κ1) is 15.9. The van der Waals surface area contributed by atoms with Crippen molar-refractivity contribution >= 4 is 22.5 Å². The first-order valence-corrected chi connectivity index (χ1v) is 8.75. The van der Waals surface area contributed by atoms with E-state index >= 15 is 0 Å². The largest absolute Gasteiger partial charge is 0.399 e. The zero-order chi connectivity index (χ0) is 17.4. The van der Waals surface area contributed by atoms with Crippen LogP contribution in [0.15, 0.2) is 36.8 Å². The molecule has 0 unspecified atom stereocenters. The Balaban J connectivity index is 1.75. The lowest BCUT2D eigenvalue weighted by atomic mass is 9.97. The monoisotopic (exact) mass is 336 g/mol. The predicted molar refractivity (Wildman–Crippen MR) is 102 cm³/mol. The van der Waals surface area contributed by atoms with E-state index in [9.17, 15) is 0 Å². The van der Waals surface area contributed by atoms with Gasteiger partial charge in [0.1, 0.15) is 17.8 Å². The van der Waals surface area contributed by atoms with Crippen LogP contribution < -0.4 is 11.5 Å². The van der Waals surface area contributed by atoms with Crippen molar-refractivity contribution in [1.29, 1.82) is 0 Å². The average Bonchev–Trinajstić information content (AvgIpc) is 2.98. The Hall–Kier alpha value is -2.60. The number of nitrogen functional groups attached to an aromatic ring is 2. The number of piperidine rings is 1. The summed E-state index contributed by atoms with van der Waals surface area (Å²) in [6, 6.07) is 7.87. The summed E-state index contributed by atoms with van der Waals surface area (Å²) >= 11 is 0. The van der Waals surface area contributed by atoms with E-state index in [0.717, 1.165) is 47.5 Å². The van der Waals surface area contributed by atoms with Crippen molar-refractivity contribution in [3.8, 4) is 11.1 Å². The predicted octanol–water partition coefficient (Wildman–Crippen LogP) is 2.60. The molecule has 130 valence electrons. The molecule has 0 bridgehead atoms. The van der Waals surface area contributed by atoms with Crippen molar-refractivity contribution in [3.63, 3.8) is 0 Å². The van der Waals surface area contributed by atoms with Crippen molar-refractivity contribution in [2.24, 2.45) is 5.92 Å². The zero-order valence-electron chi connectivity index (χ0n) is 14.5. The Morgan fingerprint density at radius 3 is 2.52 bits per heavy atom. The average molecular weight is 336 g/mol. The lowest BCUT2D eigenvalue weighted by molar-refractivity contribution is 0.206. The highest BCUT2D eigenvalue weighted by atomic mass is 15.1. The molecule has 4 rings (SSSR count). The molecule has 0 radical (unpaired) electrons. The SMILES string of the molecule is CN1CCC(Cn2cc(-c3ccc(N)cc3)c3c(N)ncnc32)CC1. The molecule has 0 atom stereocenters. The molecule has 6 heteroatoms. The van der Waals surface area contributed by atoms with Gasteiger partial charge in [-0.1, -0.05) is 12.1 Å². The fourth-order valence-electron chi connectivity index (χ4n) is 3.69. The van der Waals surface area contributed by atoms with Crippen molar-refractivity contribution in [3.05, 3.63) is 36.8 Å². The number of hydrogen-bond donors (Lipinski definition) is 2. The number of likely N-dealkylation sites (tertiary alicyclic amines) is 1. The summed E-state index contributed by atoms with van der Waals surface area (Å²) in [5.41, 5.74) is 15.8. The van der Waals surface area contributed by atoms with Gasteiger partial charge in [-0.25, -0.2) is 9.97 Å². The van der Waals surface area contributed by atoms with Crippen LogP contribution in [0, 0.1) is 5.92 Å². The fourth-order valence-corrected chi connectivity index (χ4v) is 3.69. The third-order valence-electron chi connectivity index (χ3n) is 5.20. The Morgan fingerprint density at radius 1 is 1.08 bits per heavy atom. The number of rotatable bonds is 3. The van der Waals surface area contributed by atoms with Crippen LogP contribution in [0.4, 0.5) is 11.5 Å². The van der Waals surface area contributed by atoms with E-state index < -0.39 is 0 Å². The van der Waals surface area contributed by atoms with E-state index in [1.807, 2.05) is 24.3 Å². The summed E-state index contributed by atoms with van der Waals surface area (Å²) in [5.74, 6) is 1.20. The van der Waals surface area contributed by atoms with Gasteiger partial charge in [0.25, 0.3) is 0 Å². The molecule has 0 amide bonds. The van der Waals surface area contributed by atoms with Gasteiger partial charge in [0.2, 0.25) is 0 Å². The molecule has 0 aliphatic carbocycles. The number of fused-ring (bicyclic) bond motifs is 1. The Labute approximate surface area is 147 Å². The van der Waals surface area contributed by atoms with Crippen LogP contribution in [-0.4, -0.2) is 39.6 Å². The van der Waals surface area contributed by atoms with Gasteiger partial charge in [0.15, 0.2) is 0 Å². The lowest BCUT2D eigenvalue weighted by Crippen LogP contribution is -2.31. The molecule has 4 N–H and O–H groups in total. The van der Waals surface area contributed by atoms with E-state index in [4.69, 9.17) is 11.5 Å². The van der Waals surface area contributed by atoms with Gasteiger partial charge < -0.3 is 20.9 Å². The second-order valence-electron chi connectivity index (χ2n) is 7.02. The number of benzene rings is 1. The van der Waals surface area contributed by atoms with Crippen LogP contribution in [0.5, 0.6) is 0 Å². The number of anilines is 2. The highest BCUT2D eigenvalue weighted by Crippen LogP contribution is 2.34. The minimum atomic E-state index is 0.527. The summed E-state index contributed by atoms with van der Waals surface area (Å²) in [5, 5.41) is 0.931. The standard InChI is InChI=1S/C19H24N6/c1-24-8-6-13(7-9-24)10-25-11-16(14-2-4-15(20)5-3-14)17-18(21)22-12-23-19(17)25/h2-5,11-13H,6-10,20H2,1H3,(H2,21,22,23). The third-order valence-corrected chi connectivity index (χ3v) is 5.20. The molecule has 0 spiro atoms. The Kier molecular flexibility index (Phi) is 4.05. The molecular weight excluding hydrogens is 312 g/mol. The molecule has 0 saturated carbocycles. The molecule has 6 nitrogen and oxygen atoms in total. The summed E-state index contributed by atoms with van der Waals surface area (Å²) < 4.78 is 2.25. The van der Waals surface area contributed by atoms with Gasteiger partial charge in [0.05, 0.1) is 5.39 Å². The minimum absolute atomic E-state index is 0.527. The van der Waals surface area contributed by atoms with Crippen molar-refractivity contribution < 1.29 is 0 Å². The van der Waals surface area contributed by atoms with E-state index in [0.29, 0.717) is 11.7 Å². The minimum Gasteiger partial charge on any atom is -0.399 e. The normalized spacial score (nSPS) is 16.5. The van der Waals surface area contributed by atoms with Crippen LogP contribution in [0.2, 0.25) is 0 Å². The maximum absolute atomic E-state index is 6.19. The second-order valence-corrected chi connectivity index (χ2v) is 7.02. The quantitative estimate of drug-likeness (QED) is 0.718. The summed E-state index contributed by atoms with van der Waals surface area (Å²) in [7, 11) is 2.19. The molecule has 1 aliphatic heterocycles. The highest BCUT2D eigenvalue weighted by molar-refractivity contribution is 6.00. The van der Waals surface area contributed by atoms with Gasteiger partial charge in [-0.05, 0) is 56.6 Å². The van der Waals surface area contributed by atoms with Crippen molar-refractivity contribution in [2.45, 2.75) is 19.4 Å². The summed E-state index contributed by atoms with van der Waals surface area (Å²) in [6.45, 7) is 3.29. The molecular formula is C19H24N6. The first-order chi connectivity index (χ1) is 12.1. The molecule has 1 aromatic carbocycles. The van der Waals surface area contributed by atoms with Crippen LogP contribution in [-0.2, 0) is 6.54 Å². The van der Waals surface area contributed by atoms with Crippen LogP contribution in [0.3, 0.4) is 0 Å².